The summed E-state index contributed by atoms with van der Waals surface area (Å²) in [7, 11) is 0. The van der Waals surface area contributed by atoms with Gasteiger partial charge in [0.15, 0.2) is 0 Å². The molecule has 0 amide bonds. The van der Waals surface area contributed by atoms with Crippen LogP contribution in [-0.4, -0.2) is 35.3 Å². The van der Waals surface area contributed by atoms with E-state index in [9.17, 15) is 0 Å². The second kappa shape index (κ2) is 4.65. The zero-order valence-corrected chi connectivity index (χ0v) is 9.79. The Morgan fingerprint density at radius 3 is 2.94 bits per heavy atom. The summed E-state index contributed by atoms with van der Waals surface area (Å²) in [5.74, 6) is 1.60. The first kappa shape index (κ1) is 11.1. The van der Waals surface area contributed by atoms with Gasteiger partial charge in [0.05, 0.1) is 24.5 Å². The number of nitrogens with zero attached hydrogens (tertiary/aromatic N) is 2. The third kappa shape index (κ3) is 2.61. The number of hydrogen-bond acceptors (Lipinski definition) is 5. The Morgan fingerprint density at radius 1 is 1.44 bits per heavy atom. The van der Waals surface area contributed by atoms with Gasteiger partial charge in [0.25, 0.3) is 0 Å². The molecule has 2 rings (SSSR count). The van der Waals surface area contributed by atoms with Crippen molar-refractivity contribution in [2.45, 2.75) is 25.8 Å². The normalized spacial score (nSPS) is 24.4. The molecule has 1 aliphatic rings. The smallest absolute Gasteiger partial charge is 0.147 e. The molecule has 2 heterocycles. The highest BCUT2D eigenvalue weighted by Crippen LogP contribution is 2.22. The van der Waals surface area contributed by atoms with Gasteiger partial charge in [-0.1, -0.05) is 0 Å². The number of nitrogens with one attached hydrogen (secondary N) is 2. The predicted molar refractivity (Wildman–Crippen MR) is 63.7 cm³/mol. The summed E-state index contributed by atoms with van der Waals surface area (Å²) < 4.78 is 5.38. The highest BCUT2D eigenvalue weighted by atomic mass is 16.5. The van der Waals surface area contributed by atoms with Crippen molar-refractivity contribution < 1.29 is 4.74 Å². The second-order valence-electron chi connectivity index (χ2n) is 4.31. The van der Waals surface area contributed by atoms with Crippen LogP contribution in [0.1, 0.15) is 20.3 Å². The zero-order valence-electron chi connectivity index (χ0n) is 9.79. The van der Waals surface area contributed by atoms with E-state index >= 15 is 0 Å². The van der Waals surface area contributed by atoms with Crippen LogP contribution in [0.5, 0.6) is 0 Å². The van der Waals surface area contributed by atoms with Gasteiger partial charge in [-0.2, -0.15) is 0 Å². The number of anilines is 2. The Morgan fingerprint density at radius 2 is 2.25 bits per heavy atom. The fourth-order valence-corrected chi connectivity index (χ4v) is 1.77. The summed E-state index contributed by atoms with van der Waals surface area (Å²) in [5, 5.41) is 6.52. The van der Waals surface area contributed by atoms with Gasteiger partial charge >= 0.3 is 0 Å². The molecule has 1 fully saturated rings. The maximum atomic E-state index is 5.38. The summed E-state index contributed by atoms with van der Waals surface area (Å²) in [4.78, 5) is 8.58. The lowest BCUT2D eigenvalue weighted by Gasteiger charge is -2.24. The molecule has 1 unspecified atom stereocenters. The minimum Gasteiger partial charge on any atom is -0.379 e. The van der Waals surface area contributed by atoms with Crippen LogP contribution in [0.25, 0.3) is 0 Å². The maximum absolute atomic E-state index is 5.38. The summed E-state index contributed by atoms with van der Waals surface area (Å²) >= 11 is 0. The third-order valence-corrected chi connectivity index (χ3v) is 2.64. The first-order valence-corrected chi connectivity index (χ1v) is 5.64. The predicted octanol–water partition coefficient (Wildman–Crippen LogP) is 1.50. The minimum absolute atomic E-state index is 0.0144. The molecule has 1 atom stereocenters. The van der Waals surface area contributed by atoms with Crippen LogP contribution in [0.2, 0.25) is 0 Å². The van der Waals surface area contributed by atoms with Gasteiger partial charge < -0.3 is 15.4 Å². The molecule has 0 aromatic carbocycles. The molecule has 1 aliphatic heterocycles. The topological polar surface area (TPSA) is 59.1 Å². The lowest BCUT2D eigenvalue weighted by atomic mass is 10.0. The summed E-state index contributed by atoms with van der Waals surface area (Å²) in [6.07, 6.45) is 4.46. The third-order valence-electron chi connectivity index (χ3n) is 2.64. The van der Waals surface area contributed by atoms with E-state index in [-0.39, 0.29) is 5.54 Å². The van der Waals surface area contributed by atoms with Gasteiger partial charge in [-0.3, -0.25) is 4.98 Å². The van der Waals surface area contributed by atoms with E-state index < -0.39 is 0 Å². The first-order valence-electron chi connectivity index (χ1n) is 5.64. The molecule has 5 nitrogen and oxygen atoms in total. The standard InChI is InChI=1S/C11H18N4O/c1-3-13-9-6-12-7-10(14-9)15-11(2)4-5-16-8-11/h6-7H,3-5,8H2,1-2H3,(H2,13,14,15). The van der Waals surface area contributed by atoms with Crippen LogP contribution in [-0.2, 0) is 4.74 Å². The fourth-order valence-electron chi connectivity index (χ4n) is 1.77. The lowest BCUT2D eigenvalue weighted by Crippen LogP contribution is -2.35. The number of ether oxygens (including phenoxy) is 1. The molecule has 88 valence electrons. The molecule has 0 saturated carbocycles. The van der Waals surface area contributed by atoms with Crippen LogP contribution >= 0.6 is 0 Å². The van der Waals surface area contributed by atoms with Crippen LogP contribution in [0.15, 0.2) is 12.4 Å². The van der Waals surface area contributed by atoms with E-state index in [4.69, 9.17) is 4.74 Å². The van der Waals surface area contributed by atoms with Gasteiger partial charge in [0.2, 0.25) is 0 Å². The average molecular weight is 222 g/mol. The zero-order chi connectivity index (χ0) is 11.4. The van der Waals surface area contributed by atoms with Crippen molar-refractivity contribution in [1.82, 2.24) is 9.97 Å². The molecule has 0 radical (unpaired) electrons. The van der Waals surface area contributed by atoms with E-state index in [1.807, 2.05) is 6.92 Å². The first-order chi connectivity index (χ1) is 7.72. The number of aromatic nitrogens is 2. The van der Waals surface area contributed by atoms with E-state index in [0.29, 0.717) is 0 Å². The molecule has 0 spiro atoms. The highest BCUT2D eigenvalue weighted by Gasteiger charge is 2.29. The van der Waals surface area contributed by atoms with Crippen molar-refractivity contribution in [3.63, 3.8) is 0 Å². The SMILES string of the molecule is CCNc1cncc(NC2(C)CCOC2)n1. The lowest BCUT2D eigenvalue weighted by molar-refractivity contribution is 0.185. The number of hydrogen-bond donors (Lipinski definition) is 2. The summed E-state index contributed by atoms with van der Waals surface area (Å²) in [5.41, 5.74) is -0.0144. The van der Waals surface area contributed by atoms with Crippen molar-refractivity contribution in [3.05, 3.63) is 12.4 Å². The molecule has 0 bridgehead atoms. The molecule has 16 heavy (non-hydrogen) atoms. The van der Waals surface area contributed by atoms with Gasteiger partial charge in [-0.25, -0.2) is 4.98 Å². The van der Waals surface area contributed by atoms with E-state index in [1.54, 1.807) is 12.4 Å². The van der Waals surface area contributed by atoms with Crippen molar-refractivity contribution in [2.24, 2.45) is 0 Å². The monoisotopic (exact) mass is 222 g/mol. The molecule has 1 saturated heterocycles. The molecule has 1 aromatic heterocycles. The molecular formula is C11H18N4O. The summed E-state index contributed by atoms with van der Waals surface area (Å²) in [6.45, 7) is 6.55. The van der Waals surface area contributed by atoms with Crippen molar-refractivity contribution in [1.29, 1.82) is 0 Å². The highest BCUT2D eigenvalue weighted by molar-refractivity contribution is 5.43. The van der Waals surface area contributed by atoms with Crippen LogP contribution < -0.4 is 10.6 Å². The Hall–Kier alpha value is -1.36. The van der Waals surface area contributed by atoms with Gasteiger partial charge in [-0.15, -0.1) is 0 Å². The minimum atomic E-state index is -0.0144. The largest absolute Gasteiger partial charge is 0.379 e. The van der Waals surface area contributed by atoms with E-state index in [1.165, 1.54) is 0 Å². The molecule has 5 heteroatoms. The second-order valence-corrected chi connectivity index (χ2v) is 4.31. The number of rotatable bonds is 4. The fraction of sp³-hybridized carbons (Fsp3) is 0.636. The molecule has 1 aromatic rings. The summed E-state index contributed by atoms with van der Waals surface area (Å²) in [6, 6.07) is 0. The quantitative estimate of drug-likeness (QED) is 0.808. The van der Waals surface area contributed by atoms with Crippen molar-refractivity contribution in [3.8, 4) is 0 Å². The Kier molecular flexibility index (Phi) is 3.24. The average Bonchev–Trinajstić information content (AvgIpc) is 2.66. The maximum Gasteiger partial charge on any atom is 0.147 e. The van der Waals surface area contributed by atoms with Crippen LogP contribution in [0.3, 0.4) is 0 Å². The Labute approximate surface area is 95.6 Å². The van der Waals surface area contributed by atoms with Gasteiger partial charge in [0.1, 0.15) is 11.6 Å². The van der Waals surface area contributed by atoms with Gasteiger partial charge in [0, 0.05) is 13.2 Å². The van der Waals surface area contributed by atoms with E-state index in [0.717, 1.165) is 37.8 Å². The van der Waals surface area contributed by atoms with Gasteiger partial charge in [-0.05, 0) is 20.3 Å². The molecule has 0 aliphatic carbocycles. The molecule has 2 N–H and O–H groups in total. The molecular weight excluding hydrogens is 204 g/mol. The Balaban J connectivity index is 2.05. The van der Waals surface area contributed by atoms with Crippen molar-refractivity contribution >= 4 is 11.6 Å². The Bertz CT molecular complexity index is 350. The van der Waals surface area contributed by atoms with Crippen molar-refractivity contribution in [2.75, 3.05) is 30.4 Å². The van der Waals surface area contributed by atoms with E-state index in [2.05, 4.69) is 27.5 Å². The van der Waals surface area contributed by atoms with Crippen LogP contribution in [0, 0.1) is 0 Å². The van der Waals surface area contributed by atoms with Crippen LogP contribution in [0.4, 0.5) is 11.6 Å².